The molecule has 0 atom stereocenters. The van der Waals surface area contributed by atoms with Crippen LogP contribution in [0.15, 0.2) is 72.8 Å². The molecule has 0 saturated heterocycles. The fraction of sp³-hybridized carbons (Fsp3) is 0.259. The summed E-state index contributed by atoms with van der Waals surface area (Å²) in [7, 11) is 0. The summed E-state index contributed by atoms with van der Waals surface area (Å²) in [6.07, 6.45) is 1.05. The summed E-state index contributed by atoms with van der Waals surface area (Å²) in [5.74, 6) is 0.238. The number of amides is 2. The van der Waals surface area contributed by atoms with Crippen molar-refractivity contribution in [2.45, 2.75) is 39.5 Å². The normalized spacial score (nSPS) is 11.0. The van der Waals surface area contributed by atoms with Crippen molar-refractivity contribution in [1.82, 2.24) is 0 Å². The van der Waals surface area contributed by atoms with E-state index in [0.717, 1.165) is 12.0 Å². The van der Waals surface area contributed by atoms with E-state index >= 15 is 0 Å². The van der Waals surface area contributed by atoms with Gasteiger partial charge in [-0.15, -0.1) is 0 Å². The molecule has 2 N–H and O–H groups in total. The molecule has 3 rings (SSSR count). The summed E-state index contributed by atoms with van der Waals surface area (Å²) < 4.78 is 5.63. The maximum Gasteiger partial charge on any atom is 0.262 e. The molecule has 0 bridgehead atoms. The van der Waals surface area contributed by atoms with Gasteiger partial charge in [0.15, 0.2) is 6.61 Å². The summed E-state index contributed by atoms with van der Waals surface area (Å²) in [5, 5.41) is 5.73. The lowest BCUT2D eigenvalue weighted by atomic mass is 9.82. The van der Waals surface area contributed by atoms with E-state index in [9.17, 15) is 9.59 Å². The molecule has 0 aliphatic carbocycles. The van der Waals surface area contributed by atoms with Gasteiger partial charge in [0.05, 0.1) is 0 Å². The van der Waals surface area contributed by atoms with Crippen molar-refractivity contribution in [3.05, 3.63) is 89.5 Å². The van der Waals surface area contributed by atoms with Crippen LogP contribution in [0.4, 0.5) is 11.4 Å². The zero-order valence-electron chi connectivity index (χ0n) is 19.1. The van der Waals surface area contributed by atoms with E-state index in [4.69, 9.17) is 4.74 Å². The molecule has 2 amide bonds. The maximum absolute atomic E-state index is 12.3. The number of hydrogen-bond acceptors (Lipinski definition) is 3. The fourth-order valence-corrected chi connectivity index (χ4v) is 3.22. The van der Waals surface area contributed by atoms with Crippen LogP contribution in [0.25, 0.3) is 0 Å². The molecule has 0 unspecified atom stereocenters. The second-order valence-electron chi connectivity index (χ2n) is 8.45. The number of carbonyl (C=O) groups excluding carboxylic acids is 2. The average Bonchev–Trinajstić information content (AvgIpc) is 2.80. The molecule has 32 heavy (non-hydrogen) atoms. The molecule has 3 aromatic rings. The smallest absolute Gasteiger partial charge is 0.262 e. The molecular weight excluding hydrogens is 400 g/mol. The Labute approximate surface area is 189 Å². The third-order valence-corrected chi connectivity index (χ3v) is 5.68. The highest BCUT2D eigenvalue weighted by atomic mass is 16.5. The van der Waals surface area contributed by atoms with E-state index in [2.05, 4.69) is 31.4 Å². The predicted octanol–water partition coefficient (Wildman–Crippen LogP) is 5.95. The van der Waals surface area contributed by atoms with Gasteiger partial charge >= 0.3 is 0 Å². The number of anilines is 2. The third-order valence-electron chi connectivity index (χ3n) is 5.68. The van der Waals surface area contributed by atoms with Gasteiger partial charge in [-0.05, 0) is 72.4 Å². The van der Waals surface area contributed by atoms with Crippen LogP contribution >= 0.6 is 0 Å². The van der Waals surface area contributed by atoms with Crippen LogP contribution in [-0.2, 0) is 10.2 Å². The molecule has 5 nitrogen and oxygen atoms in total. The van der Waals surface area contributed by atoms with E-state index in [-0.39, 0.29) is 23.8 Å². The van der Waals surface area contributed by atoms with Crippen molar-refractivity contribution in [3.63, 3.8) is 0 Å². The number of carbonyl (C=O) groups is 2. The first-order chi connectivity index (χ1) is 15.3. The van der Waals surface area contributed by atoms with E-state index in [1.807, 2.05) is 55.5 Å². The van der Waals surface area contributed by atoms with Crippen molar-refractivity contribution in [3.8, 4) is 5.75 Å². The Morgan fingerprint density at radius 2 is 1.59 bits per heavy atom. The van der Waals surface area contributed by atoms with Gasteiger partial charge in [-0.25, -0.2) is 0 Å². The molecule has 0 aliphatic rings. The van der Waals surface area contributed by atoms with Gasteiger partial charge in [-0.2, -0.15) is 0 Å². The Morgan fingerprint density at radius 3 is 2.22 bits per heavy atom. The number of benzene rings is 3. The lowest BCUT2D eigenvalue weighted by Gasteiger charge is -2.23. The number of rotatable bonds is 8. The molecule has 0 aliphatic heterocycles. The quantitative estimate of drug-likeness (QED) is 0.464. The third kappa shape index (κ3) is 5.97. The highest BCUT2D eigenvalue weighted by Crippen LogP contribution is 2.28. The number of nitrogens with one attached hydrogen (secondary N) is 2. The van der Waals surface area contributed by atoms with Crippen LogP contribution in [0, 0.1) is 6.92 Å². The molecular formula is C27H30N2O3. The summed E-state index contributed by atoms with van der Waals surface area (Å²) in [6, 6.07) is 22.3. The van der Waals surface area contributed by atoms with Gasteiger partial charge in [0.1, 0.15) is 5.75 Å². The lowest BCUT2D eigenvalue weighted by Crippen LogP contribution is -2.20. The summed E-state index contributed by atoms with van der Waals surface area (Å²) in [5.41, 5.74) is 4.14. The molecule has 166 valence electrons. The molecule has 0 heterocycles. The molecule has 3 aromatic carbocycles. The summed E-state index contributed by atoms with van der Waals surface area (Å²) in [6.45, 7) is 8.38. The molecule has 0 spiro atoms. The highest BCUT2D eigenvalue weighted by molar-refractivity contribution is 6.04. The van der Waals surface area contributed by atoms with Gasteiger partial charge in [-0.3, -0.25) is 9.59 Å². The molecule has 0 aromatic heterocycles. The van der Waals surface area contributed by atoms with Crippen LogP contribution in [0.5, 0.6) is 5.75 Å². The summed E-state index contributed by atoms with van der Waals surface area (Å²) in [4.78, 5) is 24.7. The highest BCUT2D eigenvalue weighted by Gasteiger charge is 2.17. The number of aryl methyl sites for hydroxylation is 1. The second-order valence-corrected chi connectivity index (χ2v) is 8.45. The van der Waals surface area contributed by atoms with Crippen molar-refractivity contribution in [2.24, 2.45) is 0 Å². The minimum Gasteiger partial charge on any atom is -0.484 e. The first-order valence-corrected chi connectivity index (χ1v) is 10.8. The van der Waals surface area contributed by atoms with Crippen molar-refractivity contribution >= 4 is 23.2 Å². The molecule has 5 heteroatoms. The van der Waals surface area contributed by atoms with Crippen LogP contribution in [0.2, 0.25) is 0 Å². The number of ether oxygens (including phenoxy) is 1. The van der Waals surface area contributed by atoms with Gasteiger partial charge < -0.3 is 15.4 Å². The average molecular weight is 431 g/mol. The minimum absolute atomic E-state index is 0.0813. The van der Waals surface area contributed by atoms with Gasteiger partial charge in [0.2, 0.25) is 0 Å². The van der Waals surface area contributed by atoms with Crippen molar-refractivity contribution in [2.75, 3.05) is 17.2 Å². The topological polar surface area (TPSA) is 67.4 Å². The Hall–Kier alpha value is -3.60. The SMILES string of the molecule is CCC(C)(C)c1ccc(OCC(=O)Nc2ccc(NC(=O)c3ccccc3)c(C)c2)cc1. The first kappa shape index (κ1) is 23.1. The van der Waals surface area contributed by atoms with E-state index in [0.29, 0.717) is 22.7 Å². The monoisotopic (exact) mass is 430 g/mol. The Bertz CT molecular complexity index is 1070. The maximum atomic E-state index is 12.3. The van der Waals surface area contributed by atoms with Crippen LogP contribution in [-0.4, -0.2) is 18.4 Å². The minimum atomic E-state index is -0.247. The lowest BCUT2D eigenvalue weighted by molar-refractivity contribution is -0.118. The Kier molecular flexibility index (Phi) is 7.31. The summed E-state index contributed by atoms with van der Waals surface area (Å²) >= 11 is 0. The molecule has 0 saturated carbocycles. The zero-order chi connectivity index (χ0) is 23.1. The molecule has 0 fully saturated rings. The zero-order valence-corrected chi connectivity index (χ0v) is 19.1. The predicted molar refractivity (Wildman–Crippen MR) is 129 cm³/mol. The largest absolute Gasteiger partial charge is 0.484 e. The van der Waals surface area contributed by atoms with Crippen molar-refractivity contribution < 1.29 is 14.3 Å². The Balaban J connectivity index is 1.54. The standard InChI is InChI=1S/C27H30N2O3/c1-5-27(3,4)21-11-14-23(15-12-21)32-18-25(30)28-22-13-16-24(19(2)17-22)29-26(31)20-9-7-6-8-10-20/h6-17H,5,18H2,1-4H3,(H,28,30)(H,29,31). The fourth-order valence-electron chi connectivity index (χ4n) is 3.22. The van der Waals surface area contributed by atoms with Crippen LogP contribution in [0.1, 0.15) is 48.7 Å². The second kappa shape index (κ2) is 10.1. The Morgan fingerprint density at radius 1 is 0.906 bits per heavy atom. The van der Waals surface area contributed by atoms with Gasteiger partial charge in [0.25, 0.3) is 11.8 Å². The van der Waals surface area contributed by atoms with E-state index < -0.39 is 0 Å². The van der Waals surface area contributed by atoms with Crippen molar-refractivity contribution in [1.29, 1.82) is 0 Å². The first-order valence-electron chi connectivity index (χ1n) is 10.8. The van der Waals surface area contributed by atoms with Crippen LogP contribution < -0.4 is 15.4 Å². The van der Waals surface area contributed by atoms with Crippen LogP contribution in [0.3, 0.4) is 0 Å². The van der Waals surface area contributed by atoms with E-state index in [1.165, 1.54) is 5.56 Å². The van der Waals surface area contributed by atoms with E-state index in [1.54, 1.807) is 24.3 Å². The molecule has 0 radical (unpaired) electrons. The van der Waals surface area contributed by atoms with Gasteiger partial charge in [0, 0.05) is 16.9 Å². The van der Waals surface area contributed by atoms with Gasteiger partial charge in [-0.1, -0.05) is 51.1 Å². The number of hydrogen-bond donors (Lipinski definition) is 2.